The average molecular weight is 1090 g/mol. The molecule has 5 aromatic rings. The molecule has 2 saturated heterocycles. The number of aliphatic hydroxyl groups excluding tert-OH is 8. The molecule has 0 radical (unpaired) electrons. The van der Waals surface area contributed by atoms with Crippen LogP contribution in [0.25, 0.3) is 39.2 Å². The summed E-state index contributed by atoms with van der Waals surface area (Å²) in [4.78, 5) is 0. The SMILES string of the molecule is COc1cc(-c2oc3cc(O)cc4oc(=C5C(O)=CC(O)=C6C5OC(c5ccc(O)c(O)c5)C(O)C6c5c(O)cc(O)c6c5OC(c5ccc(O)c(O)c5)C(O)C6)cc(c2OC2OC(CO)C(O)C(O)C2O)-c34)cc(OC)c1O. The third kappa shape index (κ3) is 8.57. The van der Waals surface area contributed by atoms with E-state index in [-0.39, 0.29) is 102 Å². The molecule has 5 heterocycles. The van der Waals surface area contributed by atoms with Gasteiger partial charge in [0.05, 0.1) is 44.2 Å². The molecule has 5 aliphatic heterocycles. The summed E-state index contributed by atoms with van der Waals surface area (Å²) in [6.45, 7) is -0.850. The molecule has 6 aliphatic rings. The van der Waals surface area contributed by atoms with Crippen molar-refractivity contribution >= 4 is 16.7 Å². The lowest BCUT2D eigenvalue weighted by Crippen LogP contribution is -2.60. The van der Waals surface area contributed by atoms with Gasteiger partial charge in [0.2, 0.25) is 12.0 Å². The summed E-state index contributed by atoms with van der Waals surface area (Å²) < 4.78 is 49.1. The zero-order valence-corrected chi connectivity index (χ0v) is 41.2. The van der Waals surface area contributed by atoms with Gasteiger partial charge in [-0.3, -0.25) is 0 Å². The third-order valence-electron chi connectivity index (χ3n) is 14.6. The molecule has 0 aromatic heterocycles. The molecule has 0 saturated carbocycles. The molecule has 1 aliphatic carbocycles. The topological polar surface area (TPSA) is 405 Å². The molecule has 2 fully saturated rings. The summed E-state index contributed by atoms with van der Waals surface area (Å²) in [7, 11) is 2.51. The quantitative estimate of drug-likeness (QED) is 0.0917. The Kier molecular flexibility index (Phi) is 13.0. The van der Waals surface area contributed by atoms with Crippen LogP contribution in [0.1, 0.15) is 40.4 Å². The number of fused-ring (bicyclic) bond motifs is 2. The molecule has 11 unspecified atom stereocenters. The number of hydrogen-bond donors (Lipinski definition) is 16. The van der Waals surface area contributed by atoms with Crippen LogP contribution >= 0.6 is 0 Å². The molecule has 5 aromatic carbocycles. The fraction of sp³-hybridized carbons (Fsp3) is 0.273. The highest BCUT2D eigenvalue weighted by Crippen LogP contribution is 2.58. The molecule has 0 amide bonds. The first kappa shape index (κ1) is 52.3. The number of rotatable bonds is 9. The van der Waals surface area contributed by atoms with Crippen molar-refractivity contribution in [2.75, 3.05) is 20.8 Å². The van der Waals surface area contributed by atoms with E-state index in [0.717, 1.165) is 42.5 Å². The second kappa shape index (κ2) is 19.6. The van der Waals surface area contributed by atoms with E-state index in [1.54, 1.807) is 0 Å². The van der Waals surface area contributed by atoms with Crippen molar-refractivity contribution in [1.29, 1.82) is 0 Å². The summed E-state index contributed by atoms with van der Waals surface area (Å²) in [6, 6.07) is 14.3. The van der Waals surface area contributed by atoms with Crippen molar-refractivity contribution in [3.8, 4) is 91.4 Å². The Bertz CT molecular complexity index is 3660. The largest absolute Gasteiger partial charge is 0.508 e. The molecule has 0 bridgehead atoms. The molecule has 414 valence electrons. The Labute approximate surface area is 444 Å². The fourth-order valence-corrected chi connectivity index (χ4v) is 10.7. The fourth-order valence-electron chi connectivity index (χ4n) is 10.7. The zero-order valence-electron chi connectivity index (χ0n) is 41.2. The van der Waals surface area contributed by atoms with Crippen molar-refractivity contribution in [2.24, 2.45) is 0 Å². The number of aliphatic hydroxyl groups is 8. The normalized spacial score (nSPS) is 26.5. The number of hydrogen-bond acceptors (Lipinski definition) is 24. The van der Waals surface area contributed by atoms with Gasteiger partial charge in [-0.05, 0) is 53.6 Å². The number of phenols is 8. The number of allylic oxidation sites excluding steroid dienone is 1. The summed E-state index contributed by atoms with van der Waals surface area (Å²) >= 11 is 0. The van der Waals surface area contributed by atoms with Crippen LogP contribution < -0.4 is 24.4 Å². The standard InChI is InChI=1S/C55H50O24/c1-72-36-9-20(10-37(73-2)44(36)67)51-53(79-55-48(71)47(70)45(68)38(17-56)76-55)23-14-35(74-33-11-21(57)12-34(75-51)39(23)33)40-29(63)16-31(65)42-43(46(69)50(78-54(40)42)19-4-6-25(59)28(62)8-19)41-30(64)15-26(60)22-13-32(66)49(77-52(22)41)18-3-5-24(58)27(61)7-18/h3-12,14-16,32,38,43,45-50,54-71H,13,17H2,1-2H3. The van der Waals surface area contributed by atoms with Crippen molar-refractivity contribution < 1.29 is 119 Å². The van der Waals surface area contributed by atoms with E-state index in [1.807, 2.05) is 0 Å². The van der Waals surface area contributed by atoms with Crippen LogP contribution in [0, 0.1) is 0 Å². The predicted molar refractivity (Wildman–Crippen MR) is 268 cm³/mol. The maximum absolute atomic E-state index is 12.7. The van der Waals surface area contributed by atoms with Crippen LogP contribution in [-0.4, -0.2) is 152 Å². The summed E-state index contributed by atoms with van der Waals surface area (Å²) in [6.07, 6.45) is -16.8. The first-order valence-electron chi connectivity index (χ1n) is 24.2. The van der Waals surface area contributed by atoms with Crippen LogP contribution in [0.15, 0.2) is 105 Å². The maximum atomic E-state index is 12.7. The van der Waals surface area contributed by atoms with Crippen molar-refractivity contribution in [1.82, 2.24) is 0 Å². The molecule has 24 heteroatoms. The van der Waals surface area contributed by atoms with E-state index in [0.29, 0.717) is 0 Å². The molecule has 24 nitrogen and oxygen atoms in total. The second-order valence-corrected chi connectivity index (χ2v) is 19.3. The highest BCUT2D eigenvalue weighted by atomic mass is 16.7. The number of aromatic hydroxyl groups is 8. The highest BCUT2D eigenvalue weighted by Gasteiger charge is 2.52. The zero-order chi connectivity index (χ0) is 56.2. The molecule has 0 spiro atoms. The molecule has 16 N–H and O–H groups in total. The smallest absolute Gasteiger partial charge is 0.229 e. The van der Waals surface area contributed by atoms with Crippen LogP contribution in [-0.2, 0) is 15.9 Å². The van der Waals surface area contributed by atoms with Gasteiger partial charge in [-0.2, -0.15) is 0 Å². The van der Waals surface area contributed by atoms with E-state index < -0.39 is 131 Å². The summed E-state index contributed by atoms with van der Waals surface area (Å²) in [5, 5.41) is 179. The van der Waals surface area contributed by atoms with Gasteiger partial charge in [0.25, 0.3) is 0 Å². The first-order valence-corrected chi connectivity index (χ1v) is 24.2. The molecular formula is C55H50O24. The van der Waals surface area contributed by atoms with Gasteiger partial charge < -0.3 is 119 Å². The monoisotopic (exact) mass is 1090 g/mol. The molecule has 11 rings (SSSR count). The van der Waals surface area contributed by atoms with Gasteiger partial charge in [-0.25, -0.2) is 0 Å². The van der Waals surface area contributed by atoms with Crippen LogP contribution in [0.5, 0.6) is 69.0 Å². The van der Waals surface area contributed by atoms with Gasteiger partial charge >= 0.3 is 0 Å². The second-order valence-electron chi connectivity index (χ2n) is 19.3. The van der Waals surface area contributed by atoms with Crippen molar-refractivity contribution in [2.45, 2.75) is 73.6 Å². The number of methoxy groups -OCH3 is 2. The van der Waals surface area contributed by atoms with Crippen LogP contribution in [0.4, 0.5) is 0 Å². The van der Waals surface area contributed by atoms with Crippen LogP contribution in [0.2, 0.25) is 0 Å². The highest BCUT2D eigenvalue weighted by molar-refractivity contribution is 5.98. The molecular weight excluding hydrogens is 1040 g/mol. The van der Waals surface area contributed by atoms with Gasteiger partial charge in [0.1, 0.15) is 93.8 Å². The lowest BCUT2D eigenvalue weighted by molar-refractivity contribution is -0.277. The predicted octanol–water partition coefficient (Wildman–Crippen LogP) is 3.66. The van der Waals surface area contributed by atoms with Gasteiger partial charge in [-0.1, -0.05) is 12.1 Å². The number of benzene rings is 5. The van der Waals surface area contributed by atoms with Gasteiger partial charge in [-0.15, -0.1) is 0 Å². The lowest BCUT2D eigenvalue weighted by Gasteiger charge is -2.45. The van der Waals surface area contributed by atoms with Crippen LogP contribution in [0.3, 0.4) is 0 Å². The van der Waals surface area contributed by atoms with E-state index in [1.165, 1.54) is 50.6 Å². The Balaban J connectivity index is 1.19. The van der Waals surface area contributed by atoms with Crippen molar-refractivity contribution in [3.05, 3.63) is 124 Å². The summed E-state index contributed by atoms with van der Waals surface area (Å²) in [5.74, 6) is -8.83. The third-order valence-corrected chi connectivity index (χ3v) is 14.6. The summed E-state index contributed by atoms with van der Waals surface area (Å²) in [5.41, 5.74) is -1.51. The first-order chi connectivity index (χ1) is 37.7. The number of ether oxygens (including phenoxy) is 6. The minimum absolute atomic E-state index is 0.0135. The Morgan fingerprint density at radius 3 is 1.87 bits per heavy atom. The van der Waals surface area contributed by atoms with E-state index in [2.05, 4.69) is 0 Å². The maximum Gasteiger partial charge on any atom is 0.229 e. The van der Waals surface area contributed by atoms with Gasteiger partial charge in [0, 0.05) is 64.4 Å². The van der Waals surface area contributed by atoms with E-state index >= 15 is 0 Å². The average Bonchev–Trinajstić information content (AvgIpc) is 3.45. The number of phenolic OH excluding ortho intramolecular Hbond substituents is 8. The lowest BCUT2D eigenvalue weighted by atomic mass is 9.72. The Morgan fingerprint density at radius 1 is 0.620 bits per heavy atom. The minimum atomic E-state index is -2.01. The van der Waals surface area contributed by atoms with Crippen molar-refractivity contribution in [3.63, 3.8) is 0 Å². The minimum Gasteiger partial charge on any atom is -0.508 e. The molecule has 79 heavy (non-hydrogen) atoms. The Morgan fingerprint density at radius 2 is 1.25 bits per heavy atom. The van der Waals surface area contributed by atoms with Gasteiger partial charge in [0.15, 0.2) is 46.0 Å². The van der Waals surface area contributed by atoms with E-state index in [9.17, 15) is 81.7 Å². The molecule has 11 atom stereocenters. The van der Waals surface area contributed by atoms with E-state index in [4.69, 9.17) is 37.3 Å². The Hall–Kier alpha value is -8.72.